The van der Waals surface area contributed by atoms with Crippen molar-refractivity contribution >= 4 is 5.91 Å². The number of carbonyl (C=O) groups is 1. The van der Waals surface area contributed by atoms with Crippen LogP contribution in [0.5, 0.6) is 0 Å². The van der Waals surface area contributed by atoms with Gasteiger partial charge in [0.1, 0.15) is 0 Å². The van der Waals surface area contributed by atoms with Crippen LogP contribution in [-0.4, -0.2) is 10.9 Å². The van der Waals surface area contributed by atoms with Gasteiger partial charge in [0.2, 0.25) is 0 Å². The summed E-state index contributed by atoms with van der Waals surface area (Å²) in [5.74, 6) is 0.468. The Morgan fingerprint density at radius 3 is 2.52 bits per heavy atom. The van der Waals surface area contributed by atoms with Crippen molar-refractivity contribution in [2.75, 3.05) is 0 Å². The smallest absolute Gasteiger partial charge is 0.251 e. The summed E-state index contributed by atoms with van der Waals surface area (Å²) < 4.78 is 0. The van der Waals surface area contributed by atoms with Gasteiger partial charge < -0.3 is 5.32 Å². The lowest BCUT2D eigenvalue weighted by molar-refractivity contribution is 0.0932. The number of nitrogens with one attached hydrogen (secondary N) is 1. The number of hydrogen-bond donors (Lipinski definition) is 1. The molecule has 0 aliphatic carbocycles. The fraction of sp³-hybridized carbons (Fsp3) is 0.333. The number of aryl methyl sites for hydroxylation is 1. The third kappa shape index (κ3) is 4.42. The molecule has 1 N–H and O–H groups in total. The van der Waals surface area contributed by atoms with Gasteiger partial charge in [-0.1, -0.05) is 32.0 Å². The first kappa shape index (κ1) is 15.2. The molecule has 3 heteroatoms. The van der Waals surface area contributed by atoms with Crippen molar-refractivity contribution in [1.82, 2.24) is 10.3 Å². The zero-order chi connectivity index (χ0) is 15.2. The molecular weight excluding hydrogens is 260 g/mol. The first-order valence-electron chi connectivity index (χ1n) is 7.34. The number of rotatable bonds is 5. The third-order valence-electron chi connectivity index (χ3n) is 3.37. The lowest BCUT2D eigenvalue weighted by atomic mass is 9.97. The average molecular weight is 282 g/mol. The largest absolute Gasteiger partial charge is 0.345 e. The van der Waals surface area contributed by atoms with Gasteiger partial charge in [-0.15, -0.1) is 0 Å². The van der Waals surface area contributed by atoms with Crippen LogP contribution in [0.1, 0.15) is 47.9 Å². The lowest BCUT2D eigenvalue weighted by Crippen LogP contribution is -2.29. The quantitative estimate of drug-likeness (QED) is 0.903. The van der Waals surface area contributed by atoms with Gasteiger partial charge in [-0.2, -0.15) is 0 Å². The molecule has 1 aromatic carbocycles. The number of benzene rings is 1. The maximum absolute atomic E-state index is 12.4. The molecule has 1 amide bonds. The van der Waals surface area contributed by atoms with Gasteiger partial charge in [-0.25, -0.2) is 0 Å². The molecule has 0 radical (unpaired) electrons. The zero-order valence-corrected chi connectivity index (χ0v) is 12.8. The third-order valence-corrected chi connectivity index (χ3v) is 3.37. The number of carbonyl (C=O) groups excluding carboxylic acids is 1. The zero-order valence-electron chi connectivity index (χ0n) is 12.8. The van der Waals surface area contributed by atoms with Crippen LogP contribution in [0.25, 0.3) is 0 Å². The van der Waals surface area contributed by atoms with Crippen molar-refractivity contribution in [1.29, 1.82) is 0 Å². The van der Waals surface area contributed by atoms with Crippen molar-refractivity contribution < 1.29 is 4.79 Å². The standard InChI is InChI=1S/C18H22N2O/c1-13(2)11-17(16-9-10-19-14(3)12-16)20-18(21)15-7-5-4-6-8-15/h4-10,12-13,17H,11H2,1-3H3,(H,20,21). The molecule has 1 aromatic heterocycles. The lowest BCUT2D eigenvalue weighted by Gasteiger charge is -2.21. The number of hydrogen-bond acceptors (Lipinski definition) is 2. The Kier molecular flexibility index (Phi) is 5.09. The molecule has 110 valence electrons. The number of amides is 1. The first-order valence-corrected chi connectivity index (χ1v) is 7.34. The molecule has 0 saturated heterocycles. The minimum atomic E-state index is -0.0317. The van der Waals surface area contributed by atoms with E-state index in [1.807, 2.05) is 49.4 Å². The molecule has 0 saturated carbocycles. The fourth-order valence-corrected chi connectivity index (χ4v) is 2.37. The van der Waals surface area contributed by atoms with Gasteiger partial charge in [0.05, 0.1) is 6.04 Å². The minimum absolute atomic E-state index is 0.0133. The molecule has 0 aliphatic heterocycles. The molecule has 1 unspecified atom stereocenters. The molecule has 1 atom stereocenters. The van der Waals surface area contributed by atoms with Crippen molar-refractivity contribution in [2.24, 2.45) is 5.92 Å². The second-order valence-corrected chi connectivity index (χ2v) is 5.75. The molecule has 0 fully saturated rings. The fourth-order valence-electron chi connectivity index (χ4n) is 2.37. The van der Waals surface area contributed by atoms with E-state index >= 15 is 0 Å². The van der Waals surface area contributed by atoms with Crippen LogP contribution in [0.2, 0.25) is 0 Å². The molecule has 2 rings (SSSR count). The van der Waals surface area contributed by atoms with E-state index in [1.165, 1.54) is 0 Å². The Bertz CT molecular complexity index is 593. The van der Waals surface area contributed by atoms with Crippen molar-refractivity contribution in [2.45, 2.75) is 33.2 Å². The van der Waals surface area contributed by atoms with E-state index in [1.54, 1.807) is 6.20 Å². The molecule has 1 heterocycles. The number of aromatic nitrogens is 1. The van der Waals surface area contributed by atoms with Crippen LogP contribution in [0, 0.1) is 12.8 Å². The van der Waals surface area contributed by atoms with Crippen LogP contribution >= 0.6 is 0 Å². The van der Waals surface area contributed by atoms with E-state index in [-0.39, 0.29) is 11.9 Å². The van der Waals surface area contributed by atoms with Gasteiger partial charge in [-0.3, -0.25) is 9.78 Å². The summed E-state index contributed by atoms with van der Waals surface area (Å²) in [5.41, 5.74) is 2.77. The highest BCUT2D eigenvalue weighted by Gasteiger charge is 2.17. The Morgan fingerprint density at radius 2 is 1.90 bits per heavy atom. The van der Waals surface area contributed by atoms with E-state index in [9.17, 15) is 4.79 Å². The van der Waals surface area contributed by atoms with Gasteiger partial charge in [-0.05, 0) is 49.1 Å². The predicted molar refractivity (Wildman–Crippen MR) is 85.1 cm³/mol. The highest BCUT2D eigenvalue weighted by molar-refractivity contribution is 5.94. The molecule has 0 bridgehead atoms. The van der Waals surface area contributed by atoms with Gasteiger partial charge >= 0.3 is 0 Å². The molecule has 21 heavy (non-hydrogen) atoms. The van der Waals surface area contributed by atoms with Gasteiger partial charge in [0, 0.05) is 17.5 Å². The Hall–Kier alpha value is -2.16. The van der Waals surface area contributed by atoms with E-state index in [4.69, 9.17) is 0 Å². The van der Waals surface area contributed by atoms with E-state index < -0.39 is 0 Å². The summed E-state index contributed by atoms with van der Waals surface area (Å²) in [6, 6.07) is 13.4. The van der Waals surface area contributed by atoms with Crippen LogP contribution < -0.4 is 5.32 Å². The summed E-state index contributed by atoms with van der Waals surface area (Å²) in [6.07, 6.45) is 2.70. The van der Waals surface area contributed by atoms with Crippen molar-refractivity contribution in [3.63, 3.8) is 0 Å². The van der Waals surface area contributed by atoms with Crippen molar-refractivity contribution in [3.05, 3.63) is 65.5 Å². The van der Waals surface area contributed by atoms with Gasteiger partial charge in [0.25, 0.3) is 5.91 Å². The minimum Gasteiger partial charge on any atom is -0.345 e. The van der Waals surface area contributed by atoms with Crippen LogP contribution in [0.15, 0.2) is 48.7 Å². The molecule has 0 aliphatic rings. The van der Waals surface area contributed by atoms with E-state index in [0.29, 0.717) is 11.5 Å². The topological polar surface area (TPSA) is 42.0 Å². The average Bonchev–Trinajstić information content (AvgIpc) is 2.47. The van der Waals surface area contributed by atoms with Crippen LogP contribution in [-0.2, 0) is 0 Å². The highest BCUT2D eigenvalue weighted by Crippen LogP contribution is 2.22. The summed E-state index contributed by atoms with van der Waals surface area (Å²) in [6.45, 7) is 6.29. The first-order chi connectivity index (χ1) is 10.1. The maximum Gasteiger partial charge on any atom is 0.251 e. The second-order valence-electron chi connectivity index (χ2n) is 5.75. The normalized spacial score (nSPS) is 12.2. The monoisotopic (exact) mass is 282 g/mol. The summed E-state index contributed by atoms with van der Waals surface area (Å²) >= 11 is 0. The predicted octanol–water partition coefficient (Wildman–Crippen LogP) is 3.91. The number of pyridine rings is 1. The highest BCUT2D eigenvalue weighted by atomic mass is 16.1. The van der Waals surface area contributed by atoms with E-state index in [2.05, 4.69) is 24.1 Å². The summed E-state index contributed by atoms with van der Waals surface area (Å²) in [7, 11) is 0. The second kappa shape index (κ2) is 7.02. The molecule has 2 aromatic rings. The SMILES string of the molecule is Cc1cc(C(CC(C)C)NC(=O)c2ccccc2)ccn1. The summed E-state index contributed by atoms with van der Waals surface area (Å²) in [5, 5.41) is 3.14. The number of nitrogens with zero attached hydrogens (tertiary/aromatic N) is 1. The molecule has 0 spiro atoms. The molecule has 3 nitrogen and oxygen atoms in total. The Labute approximate surface area is 126 Å². The maximum atomic E-state index is 12.4. The Morgan fingerprint density at radius 1 is 1.19 bits per heavy atom. The van der Waals surface area contributed by atoms with E-state index in [0.717, 1.165) is 17.7 Å². The van der Waals surface area contributed by atoms with Gasteiger partial charge in [0.15, 0.2) is 0 Å². The van der Waals surface area contributed by atoms with Crippen LogP contribution in [0.3, 0.4) is 0 Å². The van der Waals surface area contributed by atoms with Crippen molar-refractivity contribution in [3.8, 4) is 0 Å². The summed E-state index contributed by atoms with van der Waals surface area (Å²) in [4.78, 5) is 16.6. The van der Waals surface area contributed by atoms with Crippen LogP contribution in [0.4, 0.5) is 0 Å². The molecular formula is C18H22N2O. The Balaban J connectivity index is 2.19.